The largest absolute Gasteiger partial charge is 0.368 e. The average Bonchev–Trinajstić information content (AvgIpc) is 3.50. The first-order valence-electron chi connectivity index (χ1n) is 11.4. The van der Waals surface area contributed by atoms with E-state index < -0.39 is 36.0 Å². The van der Waals surface area contributed by atoms with Gasteiger partial charge in [-0.1, -0.05) is 36.2 Å². The molecule has 4 atom stereocenters. The molecule has 2 unspecified atom stereocenters. The van der Waals surface area contributed by atoms with Crippen LogP contribution >= 0.6 is 11.9 Å². The molecule has 2 aliphatic heterocycles. The van der Waals surface area contributed by atoms with Gasteiger partial charge in [0.2, 0.25) is 0 Å². The van der Waals surface area contributed by atoms with Crippen molar-refractivity contribution in [1.82, 2.24) is 9.62 Å². The van der Waals surface area contributed by atoms with Crippen molar-refractivity contribution in [1.29, 1.82) is 0 Å². The van der Waals surface area contributed by atoms with Crippen molar-refractivity contribution in [3.05, 3.63) is 59.2 Å². The first-order valence-corrected chi connectivity index (χ1v) is 12.3. The number of likely N-dealkylation sites (tertiary alicyclic amines) is 1. The lowest BCUT2D eigenvalue weighted by molar-refractivity contribution is -0.157. The summed E-state index contributed by atoms with van der Waals surface area (Å²) in [6.45, 7) is 2.25. The Labute approximate surface area is 196 Å². The van der Waals surface area contributed by atoms with Gasteiger partial charge in [0.25, 0.3) is 5.91 Å². The lowest BCUT2D eigenvalue weighted by Crippen LogP contribution is -2.51. The fourth-order valence-corrected chi connectivity index (χ4v) is 5.59. The predicted octanol–water partition coefficient (Wildman–Crippen LogP) is 4.59. The standard InChI is InChI=1S/C25H27F3N2O2S/c1-14-9-16(11-17(26)10-14)19-4-2-3-15(23(19)28)12-21-24(29-33-18-5-6-18)20(27)13-30(21)25(31)22-7-8-32-22/h2-4,9-11,18,20-22,24,29H,5-8,12-13H2,1H3/t20?,21-,22?,24-/m0/s1. The van der Waals surface area contributed by atoms with E-state index >= 15 is 8.78 Å². The van der Waals surface area contributed by atoms with Crippen molar-refractivity contribution in [2.45, 2.75) is 62.2 Å². The monoisotopic (exact) mass is 476 g/mol. The number of nitrogens with one attached hydrogen (secondary N) is 1. The van der Waals surface area contributed by atoms with Crippen molar-refractivity contribution in [3.8, 4) is 11.1 Å². The van der Waals surface area contributed by atoms with E-state index in [2.05, 4.69) is 4.72 Å². The van der Waals surface area contributed by atoms with Gasteiger partial charge in [0.15, 0.2) is 0 Å². The van der Waals surface area contributed by atoms with Crippen LogP contribution in [0.15, 0.2) is 36.4 Å². The molecule has 0 spiro atoms. The number of aryl methyl sites for hydroxylation is 1. The zero-order chi connectivity index (χ0) is 23.1. The maximum atomic E-state index is 15.6. The van der Waals surface area contributed by atoms with Crippen molar-refractivity contribution < 1.29 is 22.7 Å². The summed E-state index contributed by atoms with van der Waals surface area (Å²) in [7, 11) is 0. The maximum absolute atomic E-state index is 15.6. The normalized spacial score (nSPS) is 27.0. The zero-order valence-electron chi connectivity index (χ0n) is 18.4. The fourth-order valence-electron chi connectivity index (χ4n) is 4.57. The van der Waals surface area contributed by atoms with E-state index in [0.29, 0.717) is 40.5 Å². The molecule has 2 saturated heterocycles. The third kappa shape index (κ3) is 4.79. The number of halogens is 3. The second-order valence-electron chi connectivity index (χ2n) is 9.18. The minimum atomic E-state index is -1.25. The molecule has 0 bridgehead atoms. The van der Waals surface area contributed by atoms with E-state index in [4.69, 9.17) is 4.74 Å². The molecule has 8 heteroatoms. The molecule has 1 saturated carbocycles. The van der Waals surface area contributed by atoms with Crippen LogP contribution in [0.5, 0.6) is 0 Å². The summed E-state index contributed by atoms with van der Waals surface area (Å²) in [5.74, 6) is -1.12. The molecule has 176 valence electrons. The van der Waals surface area contributed by atoms with Gasteiger partial charge in [-0.15, -0.1) is 0 Å². The van der Waals surface area contributed by atoms with Crippen LogP contribution in [-0.4, -0.2) is 53.6 Å². The number of alkyl halides is 1. The fraction of sp³-hybridized carbons (Fsp3) is 0.480. The Morgan fingerprint density at radius 1 is 1.21 bits per heavy atom. The quantitative estimate of drug-likeness (QED) is 0.594. The maximum Gasteiger partial charge on any atom is 0.252 e. The van der Waals surface area contributed by atoms with Crippen LogP contribution in [0.2, 0.25) is 0 Å². The van der Waals surface area contributed by atoms with E-state index in [1.807, 2.05) is 0 Å². The molecule has 3 aliphatic rings. The van der Waals surface area contributed by atoms with Crippen LogP contribution in [0.1, 0.15) is 30.4 Å². The minimum Gasteiger partial charge on any atom is -0.368 e. The number of amides is 1. The van der Waals surface area contributed by atoms with Gasteiger partial charge in [0.1, 0.15) is 23.9 Å². The summed E-state index contributed by atoms with van der Waals surface area (Å²) in [4.78, 5) is 14.5. The third-order valence-corrected chi connectivity index (χ3v) is 7.80. The molecule has 2 heterocycles. The molecule has 3 fully saturated rings. The lowest BCUT2D eigenvalue weighted by atomic mass is 9.95. The van der Waals surface area contributed by atoms with Gasteiger partial charge in [0, 0.05) is 17.2 Å². The summed E-state index contributed by atoms with van der Waals surface area (Å²) < 4.78 is 53.3. The van der Waals surface area contributed by atoms with E-state index in [1.54, 1.807) is 31.2 Å². The van der Waals surface area contributed by atoms with Gasteiger partial charge in [-0.05, 0) is 55.0 Å². The van der Waals surface area contributed by atoms with Gasteiger partial charge >= 0.3 is 0 Å². The van der Waals surface area contributed by atoms with Gasteiger partial charge in [-0.25, -0.2) is 13.2 Å². The molecule has 1 N–H and O–H groups in total. The number of benzene rings is 2. The van der Waals surface area contributed by atoms with E-state index in [9.17, 15) is 9.18 Å². The Morgan fingerprint density at radius 2 is 2.00 bits per heavy atom. The Balaban J connectivity index is 1.44. The summed E-state index contributed by atoms with van der Waals surface area (Å²) in [6.07, 6.45) is 1.18. The van der Waals surface area contributed by atoms with E-state index in [1.165, 1.54) is 29.0 Å². The zero-order valence-corrected chi connectivity index (χ0v) is 19.2. The highest BCUT2D eigenvalue weighted by molar-refractivity contribution is 7.98. The molecule has 0 radical (unpaired) electrons. The molecule has 2 aromatic carbocycles. The van der Waals surface area contributed by atoms with Crippen LogP contribution < -0.4 is 4.72 Å². The van der Waals surface area contributed by atoms with Crippen LogP contribution in [0.4, 0.5) is 13.2 Å². The minimum absolute atomic E-state index is 0.0311. The second kappa shape index (κ2) is 9.31. The Hall–Kier alpha value is -2.03. The highest BCUT2D eigenvalue weighted by atomic mass is 32.2. The topological polar surface area (TPSA) is 41.6 Å². The number of ether oxygens (including phenoxy) is 1. The number of carbonyl (C=O) groups excluding carboxylic acids is 1. The molecule has 1 amide bonds. The Morgan fingerprint density at radius 3 is 2.67 bits per heavy atom. The summed E-state index contributed by atoms with van der Waals surface area (Å²) in [6, 6.07) is 8.29. The van der Waals surface area contributed by atoms with Gasteiger partial charge in [0.05, 0.1) is 25.2 Å². The molecule has 5 rings (SSSR count). The molecule has 33 heavy (non-hydrogen) atoms. The smallest absolute Gasteiger partial charge is 0.252 e. The second-order valence-corrected chi connectivity index (χ2v) is 10.3. The molecule has 4 nitrogen and oxygen atoms in total. The summed E-state index contributed by atoms with van der Waals surface area (Å²) in [5.41, 5.74) is 1.83. The number of rotatable bonds is 7. The average molecular weight is 477 g/mol. The van der Waals surface area contributed by atoms with Crippen LogP contribution in [-0.2, 0) is 16.0 Å². The molecule has 0 aromatic heterocycles. The molecule has 2 aromatic rings. The lowest BCUT2D eigenvalue weighted by Gasteiger charge is -2.34. The SMILES string of the molecule is Cc1cc(F)cc(-c2cccc(C[C@H]3[C@@H](NSC4CC4)C(F)CN3C(=O)C3CCO3)c2F)c1. The first kappa shape index (κ1) is 22.7. The third-order valence-electron chi connectivity index (χ3n) is 6.59. The van der Waals surface area contributed by atoms with Gasteiger partial charge < -0.3 is 9.64 Å². The highest BCUT2D eigenvalue weighted by Gasteiger charge is 2.47. The van der Waals surface area contributed by atoms with Gasteiger partial charge in [-0.3, -0.25) is 9.52 Å². The number of hydrogen-bond donors (Lipinski definition) is 1. The first-order chi connectivity index (χ1) is 15.9. The van der Waals surface area contributed by atoms with Crippen molar-refractivity contribution >= 4 is 17.9 Å². The highest BCUT2D eigenvalue weighted by Crippen LogP contribution is 2.36. The van der Waals surface area contributed by atoms with Crippen molar-refractivity contribution in [2.75, 3.05) is 13.2 Å². The molecular weight excluding hydrogens is 449 g/mol. The Kier molecular flexibility index (Phi) is 6.42. The van der Waals surface area contributed by atoms with Gasteiger partial charge in [-0.2, -0.15) is 0 Å². The number of hydrogen-bond acceptors (Lipinski definition) is 4. The number of nitrogens with zero attached hydrogens (tertiary/aromatic N) is 1. The number of carbonyl (C=O) groups is 1. The molecule has 1 aliphatic carbocycles. The van der Waals surface area contributed by atoms with Crippen LogP contribution in [0.25, 0.3) is 11.1 Å². The van der Waals surface area contributed by atoms with Crippen molar-refractivity contribution in [2.24, 2.45) is 0 Å². The Bertz CT molecular complexity index is 1020. The summed E-state index contributed by atoms with van der Waals surface area (Å²) in [5, 5.41) is 0.467. The van der Waals surface area contributed by atoms with Crippen molar-refractivity contribution in [3.63, 3.8) is 0 Å². The summed E-state index contributed by atoms with van der Waals surface area (Å²) >= 11 is 1.51. The predicted molar refractivity (Wildman–Crippen MR) is 123 cm³/mol. The van der Waals surface area contributed by atoms with E-state index in [-0.39, 0.29) is 18.9 Å². The van der Waals surface area contributed by atoms with Crippen LogP contribution in [0.3, 0.4) is 0 Å². The van der Waals surface area contributed by atoms with E-state index in [0.717, 1.165) is 12.8 Å². The van der Waals surface area contributed by atoms with Crippen LogP contribution in [0, 0.1) is 18.6 Å². The molecular formula is C25H27F3N2O2S.